The fourth-order valence-electron chi connectivity index (χ4n) is 1.55. The molecule has 0 radical (unpaired) electrons. The summed E-state index contributed by atoms with van der Waals surface area (Å²) in [7, 11) is 0. The molecule has 0 spiro atoms. The highest BCUT2D eigenvalue weighted by Crippen LogP contribution is 2.23. The van der Waals surface area contributed by atoms with Crippen molar-refractivity contribution in [1.82, 2.24) is 5.32 Å². The largest absolute Gasteiger partial charge is 0.480 e. The van der Waals surface area contributed by atoms with E-state index in [-0.39, 0.29) is 0 Å². The van der Waals surface area contributed by atoms with E-state index in [0.717, 1.165) is 10.0 Å². The Morgan fingerprint density at radius 2 is 2.15 bits per heavy atom. The van der Waals surface area contributed by atoms with Crippen LogP contribution in [-0.2, 0) is 4.79 Å². The lowest BCUT2D eigenvalue weighted by Gasteiger charge is -2.15. The summed E-state index contributed by atoms with van der Waals surface area (Å²) in [6.07, 6.45) is 2.28. The zero-order chi connectivity index (χ0) is 15.1. The predicted octanol–water partition coefficient (Wildman–Crippen LogP) is 3.09. The molecule has 1 atom stereocenters. The van der Waals surface area contributed by atoms with E-state index in [2.05, 4.69) is 26.6 Å². The fraction of sp³-hybridized carbons (Fsp3) is 0.385. The average molecular weight is 361 g/mol. The average Bonchev–Trinajstić information content (AvgIpc) is 2.39. The molecule has 0 aromatic heterocycles. The standard InChI is InChI=1S/C13H17BrN2O3S/c1-8-9(14)4-3-5-10(8)15-13(19)16-11(12(17)18)6-7-20-2/h3-5,11H,6-7H2,1-2H3,(H,17,18)(H2,15,16,19)/t11-/m0/s1. The number of anilines is 1. The molecule has 0 saturated heterocycles. The highest BCUT2D eigenvalue weighted by molar-refractivity contribution is 9.10. The van der Waals surface area contributed by atoms with Gasteiger partial charge in [0.05, 0.1) is 0 Å². The number of halogens is 1. The second-order valence-corrected chi connectivity index (χ2v) is 6.02. The molecule has 0 heterocycles. The normalized spacial score (nSPS) is 11.8. The second kappa shape index (κ2) is 8.16. The third-order valence-electron chi connectivity index (χ3n) is 2.73. The highest BCUT2D eigenvalue weighted by Gasteiger charge is 2.19. The molecule has 0 aliphatic heterocycles. The zero-order valence-corrected chi connectivity index (χ0v) is 13.7. The Balaban J connectivity index is 2.66. The van der Waals surface area contributed by atoms with Gasteiger partial charge in [-0.3, -0.25) is 0 Å². The summed E-state index contributed by atoms with van der Waals surface area (Å²) in [5.41, 5.74) is 1.53. The first-order valence-corrected chi connectivity index (χ1v) is 8.18. The molecular weight excluding hydrogens is 344 g/mol. The number of amides is 2. The van der Waals surface area contributed by atoms with E-state index in [4.69, 9.17) is 5.11 Å². The SMILES string of the molecule is CSCC[C@H](NC(=O)Nc1cccc(Br)c1C)C(=O)O. The third kappa shape index (κ3) is 5.05. The lowest BCUT2D eigenvalue weighted by Crippen LogP contribution is -2.43. The van der Waals surface area contributed by atoms with Gasteiger partial charge in [0.1, 0.15) is 6.04 Å². The van der Waals surface area contributed by atoms with Gasteiger partial charge >= 0.3 is 12.0 Å². The maximum absolute atomic E-state index is 11.8. The number of benzene rings is 1. The lowest BCUT2D eigenvalue weighted by atomic mass is 10.2. The van der Waals surface area contributed by atoms with Gasteiger partial charge in [0.15, 0.2) is 0 Å². The van der Waals surface area contributed by atoms with Gasteiger partial charge in [-0.1, -0.05) is 22.0 Å². The molecule has 3 N–H and O–H groups in total. The molecule has 1 aromatic rings. The molecule has 0 fully saturated rings. The number of urea groups is 1. The van der Waals surface area contributed by atoms with E-state index in [0.29, 0.717) is 17.9 Å². The molecule has 0 aliphatic rings. The van der Waals surface area contributed by atoms with Crippen molar-refractivity contribution >= 4 is 45.4 Å². The minimum Gasteiger partial charge on any atom is -0.480 e. The van der Waals surface area contributed by atoms with Gasteiger partial charge in [-0.05, 0) is 43.0 Å². The zero-order valence-electron chi connectivity index (χ0n) is 11.3. The van der Waals surface area contributed by atoms with Crippen LogP contribution in [0.25, 0.3) is 0 Å². The molecule has 0 saturated carbocycles. The van der Waals surface area contributed by atoms with Crippen molar-refractivity contribution in [2.75, 3.05) is 17.3 Å². The van der Waals surface area contributed by atoms with E-state index in [1.165, 1.54) is 0 Å². The number of nitrogens with one attached hydrogen (secondary N) is 2. The number of carboxylic acids is 1. The number of hydrogen-bond donors (Lipinski definition) is 3. The number of rotatable bonds is 6. The van der Waals surface area contributed by atoms with Crippen molar-refractivity contribution in [3.8, 4) is 0 Å². The van der Waals surface area contributed by atoms with Gasteiger partial charge in [0.25, 0.3) is 0 Å². The number of thioether (sulfide) groups is 1. The molecule has 0 unspecified atom stereocenters. The van der Waals surface area contributed by atoms with Crippen LogP contribution >= 0.6 is 27.7 Å². The van der Waals surface area contributed by atoms with Crippen LogP contribution in [0.1, 0.15) is 12.0 Å². The van der Waals surface area contributed by atoms with Gasteiger partial charge in [0, 0.05) is 10.2 Å². The van der Waals surface area contributed by atoms with Crippen LogP contribution in [0.15, 0.2) is 22.7 Å². The molecular formula is C13H17BrN2O3S. The summed E-state index contributed by atoms with van der Waals surface area (Å²) >= 11 is 4.92. The summed E-state index contributed by atoms with van der Waals surface area (Å²) in [4.78, 5) is 22.9. The predicted molar refractivity (Wildman–Crippen MR) is 85.5 cm³/mol. The minimum absolute atomic E-state index is 0.390. The molecule has 1 rings (SSSR count). The van der Waals surface area contributed by atoms with Crippen LogP contribution in [0.5, 0.6) is 0 Å². The Morgan fingerprint density at radius 1 is 1.45 bits per heavy atom. The first kappa shape index (κ1) is 16.8. The van der Waals surface area contributed by atoms with Gasteiger partial charge in [-0.15, -0.1) is 0 Å². The highest BCUT2D eigenvalue weighted by atomic mass is 79.9. The van der Waals surface area contributed by atoms with Crippen LogP contribution in [0.2, 0.25) is 0 Å². The summed E-state index contributed by atoms with van der Waals surface area (Å²) in [6, 6.07) is 4.04. The first-order chi connectivity index (χ1) is 9.45. The molecule has 0 bridgehead atoms. The quantitative estimate of drug-likeness (QED) is 0.728. The van der Waals surface area contributed by atoms with Crippen LogP contribution in [0, 0.1) is 6.92 Å². The van der Waals surface area contributed by atoms with Crippen molar-refractivity contribution < 1.29 is 14.7 Å². The van der Waals surface area contributed by atoms with E-state index in [1.54, 1.807) is 23.9 Å². The van der Waals surface area contributed by atoms with Crippen LogP contribution in [0.3, 0.4) is 0 Å². The van der Waals surface area contributed by atoms with E-state index >= 15 is 0 Å². The minimum atomic E-state index is -1.03. The smallest absolute Gasteiger partial charge is 0.326 e. The summed E-state index contributed by atoms with van der Waals surface area (Å²) < 4.78 is 0.882. The van der Waals surface area contributed by atoms with E-state index in [9.17, 15) is 9.59 Å². The second-order valence-electron chi connectivity index (χ2n) is 4.18. The monoisotopic (exact) mass is 360 g/mol. The summed E-state index contributed by atoms with van der Waals surface area (Å²) in [5, 5.41) is 14.2. The molecule has 20 heavy (non-hydrogen) atoms. The van der Waals surface area contributed by atoms with Crippen molar-refractivity contribution in [1.29, 1.82) is 0 Å². The Kier molecular flexibility index (Phi) is 6.87. The Labute approximate surface area is 130 Å². The Hall–Kier alpha value is -1.21. The molecule has 1 aromatic carbocycles. The Morgan fingerprint density at radius 3 is 2.75 bits per heavy atom. The molecule has 110 valence electrons. The maximum Gasteiger partial charge on any atom is 0.326 e. The van der Waals surface area contributed by atoms with Crippen LogP contribution in [0.4, 0.5) is 10.5 Å². The van der Waals surface area contributed by atoms with Crippen molar-refractivity contribution in [3.05, 3.63) is 28.2 Å². The molecule has 0 aliphatic carbocycles. The first-order valence-electron chi connectivity index (χ1n) is 6.00. The van der Waals surface area contributed by atoms with Gasteiger partial charge in [-0.2, -0.15) is 11.8 Å². The number of carbonyl (C=O) groups excluding carboxylic acids is 1. The topological polar surface area (TPSA) is 78.4 Å². The van der Waals surface area contributed by atoms with Gasteiger partial charge in [0.2, 0.25) is 0 Å². The number of carbonyl (C=O) groups is 2. The summed E-state index contributed by atoms with van der Waals surface area (Å²) in [6.45, 7) is 1.86. The van der Waals surface area contributed by atoms with E-state index in [1.807, 2.05) is 19.2 Å². The molecule has 2 amide bonds. The number of carboxylic acid groups (broad SMARTS) is 1. The van der Waals surface area contributed by atoms with Gasteiger partial charge < -0.3 is 15.7 Å². The maximum atomic E-state index is 11.8. The summed E-state index contributed by atoms with van der Waals surface area (Å²) in [5.74, 6) is -0.354. The Bertz CT molecular complexity index is 497. The van der Waals surface area contributed by atoms with Crippen molar-refractivity contribution in [2.45, 2.75) is 19.4 Å². The van der Waals surface area contributed by atoms with Gasteiger partial charge in [-0.25, -0.2) is 9.59 Å². The van der Waals surface area contributed by atoms with Crippen LogP contribution < -0.4 is 10.6 Å². The van der Waals surface area contributed by atoms with Crippen molar-refractivity contribution in [3.63, 3.8) is 0 Å². The van der Waals surface area contributed by atoms with Crippen molar-refractivity contribution in [2.24, 2.45) is 0 Å². The third-order valence-corrected chi connectivity index (χ3v) is 4.23. The molecule has 7 heteroatoms. The molecule has 5 nitrogen and oxygen atoms in total. The van der Waals surface area contributed by atoms with E-state index < -0.39 is 18.0 Å². The van der Waals surface area contributed by atoms with Crippen LogP contribution in [-0.4, -0.2) is 35.2 Å². The number of hydrogen-bond acceptors (Lipinski definition) is 3. The number of aliphatic carboxylic acids is 1. The lowest BCUT2D eigenvalue weighted by molar-refractivity contribution is -0.139. The fourth-order valence-corrected chi connectivity index (χ4v) is 2.39.